The van der Waals surface area contributed by atoms with Crippen molar-refractivity contribution in [2.75, 3.05) is 13.3 Å². The van der Waals surface area contributed by atoms with Crippen molar-refractivity contribution < 1.29 is 43.0 Å². The lowest BCUT2D eigenvalue weighted by Crippen LogP contribution is -2.43. The zero-order chi connectivity index (χ0) is 19.4. The first-order chi connectivity index (χ1) is 10.6. The molecule has 0 aromatic carbocycles. The Balaban J connectivity index is 5.03. The topological polar surface area (TPSA) is 203 Å². The van der Waals surface area contributed by atoms with E-state index in [1.165, 1.54) is 0 Å². The third kappa shape index (κ3) is 5.87. The lowest BCUT2D eigenvalue weighted by Gasteiger charge is -2.32. The summed E-state index contributed by atoms with van der Waals surface area (Å²) in [5.74, 6) is -0.941. The van der Waals surface area contributed by atoms with Crippen LogP contribution in [0.2, 0.25) is 0 Å². The van der Waals surface area contributed by atoms with E-state index in [1.54, 1.807) is 20.8 Å². The maximum Gasteiger partial charge on any atom is 0.374 e. The van der Waals surface area contributed by atoms with E-state index in [9.17, 15) is 33.7 Å². The Morgan fingerprint density at radius 2 is 1.71 bits per heavy atom. The Labute approximate surface area is 140 Å². The van der Waals surface area contributed by atoms with Gasteiger partial charge in [-0.05, 0) is 18.4 Å². The van der Waals surface area contributed by atoms with Crippen molar-refractivity contribution in [2.24, 2.45) is 16.9 Å². The zero-order valence-corrected chi connectivity index (χ0v) is 15.6. The van der Waals surface area contributed by atoms with Crippen LogP contribution in [0.1, 0.15) is 33.6 Å². The highest BCUT2D eigenvalue weighted by molar-refractivity contribution is 7.72. The van der Waals surface area contributed by atoms with Crippen LogP contribution in [0, 0.1) is 5.41 Å². The normalized spacial score (nSPS) is 19.2. The minimum absolute atomic E-state index is 0.0856. The van der Waals surface area contributed by atoms with Crippen LogP contribution in [0.25, 0.3) is 0 Å². The Hall–Kier alpha value is -0.350. The molecule has 11 nitrogen and oxygen atoms in total. The van der Waals surface area contributed by atoms with Crippen LogP contribution in [0.4, 0.5) is 0 Å². The summed E-state index contributed by atoms with van der Waals surface area (Å²) in [6.45, 7) is 3.79. The van der Waals surface area contributed by atoms with Gasteiger partial charge in [0.05, 0.1) is 0 Å². The minimum Gasteiger partial charge on any atom is -0.437 e. The van der Waals surface area contributed by atoms with Gasteiger partial charge in [-0.2, -0.15) is 0 Å². The van der Waals surface area contributed by atoms with Gasteiger partial charge in [-0.3, -0.25) is 18.4 Å². The van der Waals surface area contributed by atoms with Crippen molar-refractivity contribution in [1.82, 2.24) is 0 Å². The van der Waals surface area contributed by atoms with Gasteiger partial charge in [0.15, 0.2) is 0 Å². The van der Waals surface area contributed by atoms with E-state index >= 15 is 0 Å². The molecule has 0 amide bonds. The maximum absolute atomic E-state index is 12.1. The average Bonchev–Trinajstić information content (AvgIpc) is 2.40. The molecule has 0 saturated carbocycles. The largest absolute Gasteiger partial charge is 0.437 e. The number of carbonyl (C=O) groups excluding carboxylic acids is 1. The van der Waals surface area contributed by atoms with Crippen molar-refractivity contribution >= 4 is 21.2 Å². The van der Waals surface area contributed by atoms with Crippen LogP contribution < -0.4 is 11.5 Å². The molecule has 0 heterocycles. The zero-order valence-electron chi connectivity index (χ0n) is 13.8. The molecule has 0 aliphatic carbocycles. The van der Waals surface area contributed by atoms with Gasteiger partial charge in [-0.1, -0.05) is 20.8 Å². The van der Waals surface area contributed by atoms with Crippen LogP contribution in [-0.4, -0.2) is 50.2 Å². The first-order valence-corrected chi connectivity index (χ1v) is 10.2. The second-order valence-electron chi connectivity index (χ2n) is 6.29. The number of aliphatic hydroxyl groups is 1. The molecule has 0 aliphatic rings. The SMILES string of the molecule is CC(C)(C)[C@H](N)C(=O)OCOP(=O)(O)C(O)(CCCN)P(=O)(O)O. The molecule has 2 unspecified atom stereocenters. The highest BCUT2D eigenvalue weighted by Crippen LogP contribution is 2.71. The fourth-order valence-electron chi connectivity index (χ4n) is 1.49. The number of hydrogen-bond acceptors (Lipinski definition) is 8. The average molecular weight is 392 g/mol. The van der Waals surface area contributed by atoms with E-state index < -0.39 is 50.9 Å². The summed E-state index contributed by atoms with van der Waals surface area (Å²) >= 11 is 0. The standard InChI is InChI=1S/C11H26N2O9P2/c1-10(2,3)8(13)9(14)21-7-22-24(19,20)11(15,5-4-6-12)23(16,17)18/h8,15H,4-7,12-13H2,1-3H3,(H,19,20)(H2,16,17,18)/t8-,11?/m1/s1. The molecule has 13 heteroatoms. The summed E-state index contributed by atoms with van der Waals surface area (Å²) in [5.41, 5.74) is 10.1. The molecule has 0 bridgehead atoms. The van der Waals surface area contributed by atoms with Crippen molar-refractivity contribution in [3.8, 4) is 0 Å². The van der Waals surface area contributed by atoms with Gasteiger partial charge in [-0.25, -0.2) is 0 Å². The summed E-state index contributed by atoms with van der Waals surface area (Å²) < 4.78 is 32.4. The molecule has 8 N–H and O–H groups in total. The molecule has 0 aliphatic heterocycles. The predicted molar refractivity (Wildman–Crippen MR) is 84.6 cm³/mol. The van der Waals surface area contributed by atoms with Crippen LogP contribution in [0.5, 0.6) is 0 Å². The first kappa shape index (κ1) is 23.6. The second kappa shape index (κ2) is 8.35. The number of rotatable bonds is 9. The highest BCUT2D eigenvalue weighted by atomic mass is 31.2. The Bertz CT molecular complexity index is 530. The molecule has 3 atom stereocenters. The second-order valence-corrected chi connectivity index (χ2v) is 10.5. The van der Waals surface area contributed by atoms with Gasteiger partial charge in [0.2, 0.25) is 6.79 Å². The maximum atomic E-state index is 12.1. The summed E-state index contributed by atoms with van der Waals surface area (Å²) in [7, 11) is -10.7. The van der Waals surface area contributed by atoms with Crippen LogP contribution in [0.15, 0.2) is 0 Å². The van der Waals surface area contributed by atoms with E-state index in [2.05, 4.69) is 9.26 Å². The van der Waals surface area contributed by atoms with Gasteiger partial charge in [0, 0.05) is 6.42 Å². The summed E-state index contributed by atoms with van der Waals surface area (Å²) in [4.78, 5) is 39.8. The third-order valence-corrected chi connectivity index (χ3v) is 7.53. The van der Waals surface area contributed by atoms with Gasteiger partial charge < -0.3 is 36.0 Å². The molecule has 0 fully saturated rings. The molecule has 0 rings (SSSR count). The Morgan fingerprint density at radius 3 is 2.08 bits per heavy atom. The number of ether oxygens (including phenoxy) is 1. The molecule has 144 valence electrons. The Kier molecular flexibility index (Phi) is 8.23. The summed E-state index contributed by atoms with van der Waals surface area (Å²) in [5, 5.41) is 6.64. The molecular formula is C11H26N2O9P2. The molecule has 0 aromatic rings. The van der Waals surface area contributed by atoms with Gasteiger partial charge >= 0.3 is 21.2 Å². The molecule has 0 aromatic heterocycles. The van der Waals surface area contributed by atoms with Crippen molar-refractivity contribution in [3.05, 3.63) is 0 Å². The van der Waals surface area contributed by atoms with Crippen LogP contribution >= 0.6 is 15.2 Å². The Morgan fingerprint density at radius 1 is 1.21 bits per heavy atom. The lowest BCUT2D eigenvalue weighted by molar-refractivity contribution is -0.154. The van der Waals surface area contributed by atoms with E-state index in [4.69, 9.17) is 11.5 Å². The van der Waals surface area contributed by atoms with E-state index in [0.717, 1.165) is 0 Å². The summed E-state index contributed by atoms with van der Waals surface area (Å²) in [6.07, 6.45) is -0.929. The molecular weight excluding hydrogens is 366 g/mol. The highest BCUT2D eigenvalue weighted by Gasteiger charge is 2.60. The van der Waals surface area contributed by atoms with E-state index in [1.807, 2.05) is 0 Å². The monoisotopic (exact) mass is 392 g/mol. The summed E-state index contributed by atoms with van der Waals surface area (Å²) in [6, 6.07) is -1.06. The molecule has 0 spiro atoms. The molecule has 0 saturated heterocycles. The molecule has 24 heavy (non-hydrogen) atoms. The van der Waals surface area contributed by atoms with Gasteiger partial charge in [0.25, 0.3) is 5.08 Å². The van der Waals surface area contributed by atoms with Crippen molar-refractivity contribution in [2.45, 2.75) is 44.7 Å². The van der Waals surface area contributed by atoms with Gasteiger partial charge in [-0.15, -0.1) is 0 Å². The fourth-order valence-corrected chi connectivity index (χ4v) is 4.28. The molecule has 0 radical (unpaired) electrons. The van der Waals surface area contributed by atoms with Crippen LogP contribution in [0.3, 0.4) is 0 Å². The van der Waals surface area contributed by atoms with E-state index in [-0.39, 0.29) is 13.0 Å². The number of nitrogens with two attached hydrogens (primary N) is 2. The minimum atomic E-state index is -5.45. The lowest BCUT2D eigenvalue weighted by atomic mass is 9.88. The third-order valence-electron chi connectivity index (χ3n) is 3.25. The predicted octanol–water partition coefficient (Wildman–Crippen LogP) is -0.375. The number of carbonyl (C=O) groups is 1. The fraction of sp³-hybridized carbons (Fsp3) is 0.909. The quantitative estimate of drug-likeness (QED) is 0.170. The van der Waals surface area contributed by atoms with E-state index in [0.29, 0.717) is 0 Å². The number of hydrogen-bond donors (Lipinski definition) is 6. The van der Waals surface area contributed by atoms with Crippen molar-refractivity contribution in [3.63, 3.8) is 0 Å². The van der Waals surface area contributed by atoms with Gasteiger partial charge in [0.1, 0.15) is 6.04 Å². The number of esters is 1. The van der Waals surface area contributed by atoms with Crippen molar-refractivity contribution in [1.29, 1.82) is 0 Å². The van der Waals surface area contributed by atoms with Crippen LogP contribution in [-0.2, 0) is 23.2 Å². The smallest absolute Gasteiger partial charge is 0.374 e. The first-order valence-electron chi connectivity index (χ1n) is 6.98.